The third-order valence-electron chi connectivity index (χ3n) is 2.95. The van der Waals surface area contributed by atoms with Gasteiger partial charge in [0, 0.05) is 17.1 Å². The van der Waals surface area contributed by atoms with Gasteiger partial charge in [0.1, 0.15) is 0 Å². The predicted molar refractivity (Wildman–Crippen MR) is 55.2 cm³/mol. The molecule has 0 aromatic carbocycles. The molecule has 15 heavy (non-hydrogen) atoms. The molecule has 80 valence electrons. The standard InChI is InChI=1S/C10H13BFNO2/c12-10-8(11(14)15)5-6-9(13-10)7-3-1-2-4-7/h5-7,14-15H,1-4H2. The fourth-order valence-electron chi connectivity index (χ4n) is 2.10. The van der Waals surface area contributed by atoms with Crippen molar-refractivity contribution in [2.24, 2.45) is 0 Å². The van der Waals surface area contributed by atoms with Gasteiger partial charge in [-0.05, 0) is 18.9 Å². The van der Waals surface area contributed by atoms with Gasteiger partial charge in [-0.15, -0.1) is 0 Å². The molecule has 2 N–H and O–H groups in total. The molecule has 0 saturated heterocycles. The second-order valence-corrected chi connectivity index (χ2v) is 3.97. The van der Waals surface area contributed by atoms with Crippen LogP contribution in [0.1, 0.15) is 37.3 Å². The minimum absolute atomic E-state index is 0.156. The van der Waals surface area contributed by atoms with Crippen LogP contribution in [0.2, 0.25) is 0 Å². The molecule has 1 fully saturated rings. The van der Waals surface area contributed by atoms with Gasteiger partial charge in [0.25, 0.3) is 0 Å². The van der Waals surface area contributed by atoms with Crippen molar-refractivity contribution in [3.05, 3.63) is 23.8 Å². The van der Waals surface area contributed by atoms with E-state index in [2.05, 4.69) is 4.98 Å². The SMILES string of the molecule is OB(O)c1ccc(C2CCCC2)nc1F. The summed E-state index contributed by atoms with van der Waals surface area (Å²) >= 11 is 0. The summed E-state index contributed by atoms with van der Waals surface area (Å²) in [6.07, 6.45) is 4.43. The van der Waals surface area contributed by atoms with Gasteiger partial charge in [0.05, 0.1) is 0 Å². The third kappa shape index (κ3) is 2.18. The van der Waals surface area contributed by atoms with Gasteiger partial charge in [-0.3, -0.25) is 0 Å². The van der Waals surface area contributed by atoms with Crippen LogP contribution in [-0.4, -0.2) is 22.2 Å². The smallest absolute Gasteiger partial charge is 0.423 e. The maximum absolute atomic E-state index is 13.3. The molecule has 5 heteroatoms. The highest BCUT2D eigenvalue weighted by atomic mass is 19.1. The molecule has 1 aliphatic carbocycles. The van der Waals surface area contributed by atoms with Gasteiger partial charge >= 0.3 is 7.12 Å². The Morgan fingerprint density at radius 1 is 1.27 bits per heavy atom. The number of aromatic nitrogens is 1. The first-order valence-electron chi connectivity index (χ1n) is 5.21. The van der Waals surface area contributed by atoms with Crippen molar-refractivity contribution in [2.75, 3.05) is 0 Å². The Morgan fingerprint density at radius 3 is 2.47 bits per heavy atom. The van der Waals surface area contributed by atoms with Crippen LogP contribution in [-0.2, 0) is 0 Å². The molecular weight excluding hydrogens is 196 g/mol. The van der Waals surface area contributed by atoms with Crippen molar-refractivity contribution in [2.45, 2.75) is 31.6 Å². The molecule has 0 radical (unpaired) electrons. The molecule has 1 heterocycles. The molecule has 0 unspecified atom stereocenters. The van der Waals surface area contributed by atoms with Crippen molar-refractivity contribution >= 4 is 12.6 Å². The monoisotopic (exact) mass is 209 g/mol. The fourth-order valence-corrected chi connectivity index (χ4v) is 2.10. The number of rotatable bonds is 2. The molecule has 1 aliphatic rings. The van der Waals surface area contributed by atoms with Crippen LogP contribution in [0.25, 0.3) is 0 Å². The Kier molecular flexibility index (Phi) is 3.02. The highest BCUT2D eigenvalue weighted by molar-refractivity contribution is 6.58. The summed E-state index contributed by atoms with van der Waals surface area (Å²) in [5, 5.41) is 17.7. The fraction of sp³-hybridized carbons (Fsp3) is 0.500. The molecule has 1 aromatic rings. The zero-order valence-electron chi connectivity index (χ0n) is 8.36. The van der Waals surface area contributed by atoms with Gasteiger partial charge < -0.3 is 10.0 Å². The van der Waals surface area contributed by atoms with Crippen molar-refractivity contribution < 1.29 is 14.4 Å². The van der Waals surface area contributed by atoms with E-state index in [1.165, 1.54) is 18.9 Å². The number of hydrogen-bond acceptors (Lipinski definition) is 3. The number of halogens is 1. The quantitative estimate of drug-likeness (QED) is 0.552. The Bertz CT molecular complexity index is 353. The highest BCUT2D eigenvalue weighted by Gasteiger charge is 2.22. The summed E-state index contributed by atoms with van der Waals surface area (Å²) in [4.78, 5) is 3.79. The van der Waals surface area contributed by atoms with Gasteiger partial charge in [-0.2, -0.15) is 4.39 Å². The van der Waals surface area contributed by atoms with E-state index in [0.29, 0.717) is 5.92 Å². The van der Waals surface area contributed by atoms with Crippen LogP contribution in [0.3, 0.4) is 0 Å². The van der Waals surface area contributed by atoms with Gasteiger partial charge in [0.15, 0.2) is 0 Å². The molecule has 0 amide bonds. The van der Waals surface area contributed by atoms with E-state index in [1.807, 2.05) is 0 Å². The molecule has 0 atom stereocenters. The van der Waals surface area contributed by atoms with E-state index in [0.717, 1.165) is 18.5 Å². The van der Waals surface area contributed by atoms with E-state index in [9.17, 15) is 4.39 Å². The lowest BCUT2D eigenvalue weighted by Gasteiger charge is -2.09. The second-order valence-electron chi connectivity index (χ2n) is 3.97. The molecule has 2 rings (SSSR count). The van der Waals surface area contributed by atoms with Crippen LogP contribution < -0.4 is 5.46 Å². The number of hydrogen-bond donors (Lipinski definition) is 2. The molecule has 1 aromatic heterocycles. The predicted octanol–water partition coefficient (Wildman–Crippen LogP) is 0.558. The van der Waals surface area contributed by atoms with Crippen molar-refractivity contribution in [1.82, 2.24) is 4.98 Å². The zero-order valence-corrected chi connectivity index (χ0v) is 8.36. The summed E-state index contributed by atoms with van der Waals surface area (Å²) in [5.74, 6) is -0.432. The summed E-state index contributed by atoms with van der Waals surface area (Å²) < 4.78 is 13.3. The minimum atomic E-state index is -1.78. The summed E-state index contributed by atoms with van der Waals surface area (Å²) in [6.45, 7) is 0. The first-order valence-corrected chi connectivity index (χ1v) is 5.21. The average molecular weight is 209 g/mol. The first-order chi connectivity index (χ1) is 7.18. The number of pyridine rings is 1. The maximum atomic E-state index is 13.3. The van der Waals surface area contributed by atoms with E-state index in [1.54, 1.807) is 6.07 Å². The Hall–Kier alpha value is -0.935. The minimum Gasteiger partial charge on any atom is -0.423 e. The third-order valence-corrected chi connectivity index (χ3v) is 2.95. The van der Waals surface area contributed by atoms with Gasteiger partial charge in [-0.25, -0.2) is 4.98 Å². The largest absolute Gasteiger partial charge is 0.493 e. The molecular formula is C10H13BFNO2. The Morgan fingerprint density at radius 2 is 1.93 bits per heavy atom. The molecule has 1 saturated carbocycles. The molecule has 0 aliphatic heterocycles. The van der Waals surface area contributed by atoms with E-state index in [4.69, 9.17) is 10.0 Å². The second kappa shape index (κ2) is 4.29. The maximum Gasteiger partial charge on any atom is 0.493 e. The highest BCUT2D eigenvalue weighted by Crippen LogP contribution is 2.32. The molecule has 0 bridgehead atoms. The van der Waals surface area contributed by atoms with Crippen LogP contribution in [0.15, 0.2) is 12.1 Å². The van der Waals surface area contributed by atoms with E-state index < -0.39 is 13.1 Å². The average Bonchev–Trinajstić information content (AvgIpc) is 2.69. The zero-order chi connectivity index (χ0) is 10.8. The van der Waals surface area contributed by atoms with Crippen molar-refractivity contribution in [3.63, 3.8) is 0 Å². The van der Waals surface area contributed by atoms with Crippen molar-refractivity contribution in [3.8, 4) is 0 Å². The van der Waals surface area contributed by atoms with Gasteiger partial charge in [-0.1, -0.05) is 18.9 Å². The molecule has 0 spiro atoms. The van der Waals surface area contributed by atoms with Gasteiger partial charge in [0.2, 0.25) is 5.95 Å². The van der Waals surface area contributed by atoms with Crippen LogP contribution >= 0.6 is 0 Å². The number of nitrogens with zero attached hydrogens (tertiary/aromatic N) is 1. The Balaban J connectivity index is 2.24. The van der Waals surface area contributed by atoms with E-state index >= 15 is 0 Å². The lowest BCUT2D eigenvalue weighted by atomic mass is 9.81. The van der Waals surface area contributed by atoms with E-state index in [-0.39, 0.29) is 5.46 Å². The normalized spacial score (nSPS) is 17.0. The lowest BCUT2D eigenvalue weighted by molar-refractivity contribution is 0.421. The van der Waals surface area contributed by atoms with Crippen LogP contribution in [0.5, 0.6) is 0 Å². The summed E-state index contributed by atoms with van der Waals surface area (Å²) in [6, 6.07) is 3.09. The molecule has 3 nitrogen and oxygen atoms in total. The van der Waals surface area contributed by atoms with Crippen molar-refractivity contribution in [1.29, 1.82) is 0 Å². The first kappa shape index (κ1) is 10.6. The topological polar surface area (TPSA) is 53.4 Å². The van der Waals surface area contributed by atoms with Crippen LogP contribution in [0, 0.1) is 5.95 Å². The summed E-state index contributed by atoms with van der Waals surface area (Å²) in [7, 11) is -1.78. The lowest BCUT2D eigenvalue weighted by Crippen LogP contribution is -2.33. The summed E-state index contributed by atoms with van der Waals surface area (Å²) in [5.41, 5.74) is 0.575. The Labute approximate surface area is 88.1 Å². The van der Waals surface area contributed by atoms with Crippen LogP contribution in [0.4, 0.5) is 4.39 Å².